The maximum atomic E-state index is 12.6. The van der Waals surface area contributed by atoms with Gasteiger partial charge in [0.15, 0.2) is 0 Å². The van der Waals surface area contributed by atoms with E-state index in [-0.39, 0.29) is 5.91 Å². The van der Waals surface area contributed by atoms with Crippen LogP contribution in [-0.4, -0.2) is 21.7 Å². The fraction of sp³-hybridized carbons (Fsp3) is 0.179. The number of benzene rings is 3. The predicted octanol–water partition coefficient (Wildman–Crippen LogP) is 6.56. The first-order valence-corrected chi connectivity index (χ1v) is 11.8. The molecule has 1 aromatic heterocycles. The number of nitrogens with zero attached hydrogens (tertiary/aromatic N) is 2. The Morgan fingerprint density at radius 2 is 1.63 bits per heavy atom. The van der Waals surface area contributed by atoms with E-state index in [9.17, 15) is 9.59 Å². The molecule has 0 unspecified atom stereocenters. The third kappa shape index (κ3) is 4.98. The van der Waals surface area contributed by atoms with Gasteiger partial charge in [-0.1, -0.05) is 41.4 Å². The molecule has 1 saturated carbocycles. The summed E-state index contributed by atoms with van der Waals surface area (Å²) in [6, 6.07) is 22.1. The number of carbonyl (C=O) groups is 2. The number of aromatic nitrogens is 2. The molecule has 0 spiro atoms. The van der Waals surface area contributed by atoms with Gasteiger partial charge in [0.05, 0.1) is 16.9 Å². The largest absolute Gasteiger partial charge is 0.407 e. The van der Waals surface area contributed by atoms with Crippen molar-refractivity contribution in [2.45, 2.75) is 32.6 Å². The van der Waals surface area contributed by atoms with Gasteiger partial charge in [0.1, 0.15) is 0 Å². The van der Waals surface area contributed by atoms with Crippen LogP contribution in [0.3, 0.4) is 0 Å². The number of aryl methyl sites for hydroxylation is 1. The van der Waals surface area contributed by atoms with Gasteiger partial charge >= 0.3 is 5.97 Å². The summed E-state index contributed by atoms with van der Waals surface area (Å²) in [6.45, 7) is 3.41. The summed E-state index contributed by atoms with van der Waals surface area (Å²) in [5, 5.41) is 8.36. The van der Waals surface area contributed by atoms with Crippen LogP contribution in [0.25, 0.3) is 16.8 Å². The molecule has 6 nitrogen and oxygen atoms in total. The number of halogens is 1. The maximum Gasteiger partial charge on any atom is 0.309 e. The summed E-state index contributed by atoms with van der Waals surface area (Å²) in [4.78, 5) is 24.6. The average Bonchev–Trinajstić information content (AvgIpc) is 3.62. The first kappa shape index (κ1) is 22.9. The minimum atomic E-state index is -0.409. The standard InChI is InChI=1S/C28H24ClN3O3/c1-17-3-15-24(16-4-17)32-28(35-18(2)33)25(26(31-32)20-5-6-20)19-9-13-23(14-10-19)30-27(34)21-7-11-22(29)12-8-21/h3-4,7-16,20H,5-6H2,1-2H3,(H,30,34). The Hall–Kier alpha value is -3.90. The number of hydrogen-bond acceptors (Lipinski definition) is 4. The molecule has 1 fully saturated rings. The number of nitrogens with one attached hydrogen (secondary N) is 1. The van der Waals surface area contributed by atoms with Crippen LogP contribution in [0.1, 0.15) is 47.3 Å². The third-order valence-corrected chi connectivity index (χ3v) is 6.14. The van der Waals surface area contributed by atoms with E-state index in [4.69, 9.17) is 21.4 Å². The smallest absolute Gasteiger partial charge is 0.309 e. The van der Waals surface area contributed by atoms with Crippen molar-refractivity contribution in [2.75, 3.05) is 5.32 Å². The Bertz CT molecular complexity index is 1390. The zero-order chi connectivity index (χ0) is 24.5. The van der Waals surface area contributed by atoms with Gasteiger partial charge in [-0.05, 0) is 73.9 Å². The molecule has 0 radical (unpaired) electrons. The molecule has 0 saturated heterocycles. The lowest BCUT2D eigenvalue weighted by molar-refractivity contribution is -0.132. The highest BCUT2D eigenvalue weighted by atomic mass is 35.5. The van der Waals surface area contributed by atoms with E-state index in [1.165, 1.54) is 6.92 Å². The lowest BCUT2D eigenvalue weighted by Gasteiger charge is -2.11. The summed E-state index contributed by atoms with van der Waals surface area (Å²) in [6.07, 6.45) is 2.10. The van der Waals surface area contributed by atoms with Crippen LogP contribution in [0.2, 0.25) is 5.02 Å². The van der Waals surface area contributed by atoms with E-state index in [0.29, 0.717) is 28.1 Å². The summed E-state index contributed by atoms with van der Waals surface area (Å²) < 4.78 is 7.43. The van der Waals surface area contributed by atoms with E-state index >= 15 is 0 Å². The fourth-order valence-corrected chi connectivity index (χ4v) is 4.07. The molecule has 5 rings (SSSR count). The third-order valence-electron chi connectivity index (χ3n) is 5.89. The summed E-state index contributed by atoms with van der Waals surface area (Å²) in [5.74, 6) is 0.103. The molecule has 3 aromatic carbocycles. The number of anilines is 1. The lowest BCUT2D eigenvalue weighted by Crippen LogP contribution is -2.11. The molecular weight excluding hydrogens is 462 g/mol. The minimum absolute atomic E-state index is 0.221. The van der Waals surface area contributed by atoms with E-state index in [1.54, 1.807) is 28.9 Å². The monoisotopic (exact) mass is 485 g/mol. The van der Waals surface area contributed by atoms with E-state index in [1.807, 2.05) is 55.5 Å². The SMILES string of the molecule is CC(=O)Oc1c(-c2ccc(NC(=O)c3ccc(Cl)cc3)cc2)c(C2CC2)nn1-c1ccc(C)cc1. The second-order valence-corrected chi connectivity index (χ2v) is 9.16. The van der Waals surface area contributed by atoms with Gasteiger partial charge < -0.3 is 10.1 Å². The second-order valence-electron chi connectivity index (χ2n) is 8.72. The van der Waals surface area contributed by atoms with Crippen LogP contribution in [0.5, 0.6) is 5.88 Å². The molecule has 4 aromatic rings. The van der Waals surface area contributed by atoms with Crippen molar-refractivity contribution in [1.82, 2.24) is 9.78 Å². The van der Waals surface area contributed by atoms with Crippen molar-refractivity contribution in [2.24, 2.45) is 0 Å². The molecule has 35 heavy (non-hydrogen) atoms. The molecule has 1 amide bonds. The van der Waals surface area contributed by atoms with Gasteiger partial charge in [-0.25, -0.2) is 0 Å². The minimum Gasteiger partial charge on any atom is -0.407 e. The zero-order valence-corrected chi connectivity index (χ0v) is 20.2. The van der Waals surface area contributed by atoms with Gasteiger partial charge in [0, 0.05) is 29.1 Å². The van der Waals surface area contributed by atoms with Crippen molar-refractivity contribution in [3.63, 3.8) is 0 Å². The van der Waals surface area contributed by atoms with Gasteiger partial charge in [0.2, 0.25) is 5.88 Å². The Labute approximate surface area is 208 Å². The van der Waals surface area contributed by atoms with E-state index in [0.717, 1.165) is 40.9 Å². The second kappa shape index (κ2) is 9.39. The highest BCUT2D eigenvalue weighted by Crippen LogP contribution is 2.48. The molecule has 1 N–H and O–H groups in total. The summed E-state index contributed by atoms with van der Waals surface area (Å²) in [5.41, 5.74) is 5.72. The summed E-state index contributed by atoms with van der Waals surface area (Å²) in [7, 11) is 0. The lowest BCUT2D eigenvalue weighted by atomic mass is 10.0. The molecular formula is C28H24ClN3O3. The molecule has 7 heteroatoms. The first-order valence-electron chi connectivity index (χ1n) is 11.4. The van der Waals surface area contributed by atoms with Crippen molar-refractivity contribution in [3.05, 3.63) is 94.6 Å². The normalized spacial score (nSPS) is 12.9. The number of carbonyl (C=O) groups excluding carboxylic acids is 2. The zero-order valence-electron chi connectivity index (χ0n) is 19.4. The Balaban J connectivity index is 1.50. The van der Waals surface area contributed by atoms with Crippen LogP contribution >= 0.6 is 11.6 Å². The van der Waals surface area contributed by atoms with Crippen molar-refractivity contribution >= 4 is 29.2 Å². The van der Waals surface area contributed by atoms with Gasteiger partial charge in [-0.3, -0.25) is 9.59 Å². The van der Waals surface area contributed by atoms with Gasteiger partial charge in [0.25, 0.3) is 5.91 Å². The highest BCUT2D eigenvalue weighted by molar-refractivity contribution is 6.30. The number of esters is 1. The van der Waals surface area contributed by atoms with Crippen LogP contribution in [0, 0.1) is 6.92 Å². The molecule has 176 valence electrons. The average molecular weight is 486 g/mol. The number of amides is 1. The molecule has 1 aliphatic rings. The van der Waals surface area contributed by atoms with Crippen molar-refractivity contribution in [1.29, 1.82) is 0 Å². The molecule has 1 aliphatic carbocycles. The molecule has 0 bridgehead atoms. The maximum absolute atomic E-state index is 12.6. The van der Waals surface area contributed by atoms with Crippen molar-refractivity contribution < 1.29 is 14.3 Å². The van der Waals surface area contributed by atoms with Gasteiger partial charge in [-0.15, -0.1) is 0 Å². The van der Waals surface area contributed by atoms with Crippen LogP contribution in [0.4, 0.5) is 5.69 Å². The molecule has 0 atom stereocenters. The fourth-order valence-electron chi connectivity index (χ4n) is 3.95. The van der Waals surface area contributed by atoms with Crippen LogP contribution in [-0.2, 0) is 4.79 Å². The van der Waals surface area contributed by atoms with Crippen LogP contribution < -0.4 is 10.1 Å². The summed E-state index contributed by atoms with van der Waals surface area (Å²) >= 11 is 5.91. The Morgan fingerprint density at radius 3 is 2.23 bits per heavy atom. The number of ether oxygens (including phenoxy) is 1. The highest BCUT2D eigenvalue weighted by Gasteiger charge is 2.34. The topological polar surface area (TPSA) is 73.2 Å². The first-order chi connectivity index (χ1) is 16.9. The van der Waals surface area contributed by atoms with Crippen LogP contribution in [0.15, 0.2) is 72.8 Å². The Morgan fingerprint density at radius 1 is 0.971 bits per heavy atom. The van der Waals surface area contributed by atoms with E-state index < -0.39 is 5.97 Å². The Kier molecular flexibility index (Phi) is 6.14. The quantitative estimate of drug-likeness (QED) is 0.314. The number of hydrogen-bond donors (Lipinski definition) is 1. The van der Waals surface area contributed by atoms with Crippen molar-refractivity contribution in [3.8, 4) is 22.7 Å². The van der Waals surface area contributed by atoms with Gasteiger partial charge in [-0.2, -0.15) is 9.78 Å². The number of rotatable bonds is 6. The van der Waals surface area contributed by atoms with E-state index in [2.05, 4.69) is 5.32 Å². The predicted molar refractivity (Wildman–Crippen MR) is 136 cm³/mol. The molecule has 1 heterocycles. The molecule has 0 aliphatic heterocycles.